The number of rotatable bonds is 8. The van der Waals surface area contributed by atoms with Crippen molar-refractivity contribution in [2.45, 2.75) is 65.1 Å². The lowest BCUT2D eigenvalue weighted by atomic mass is 9.89. The van der Waals surface area contributed by atoms with E-state index in [4.69, 9.17) is 9.47 Å². The van der Waals surface area contributed by atoms with Crippen LogP contribution in [0.4, 0.5) is 0 Å². The van der Waals surface area contributed by atoms with Crippen LogP contribution in [0.3, 0.4) is 0 Å². The van der Waals surface area contributed by atoms with Crippen LogP contribution < -0.4 is 0 Å². The molecule has 0 unspecified atom stereocenters. The molecule has 0 aliphatic heterocycles. The molecule has 0 aromatic carbocycles. The first kappa shape index (κ1) is 14.4. The van der Waals surface area contributed by atoms with Gasteiger partial charge in [-0.05, 0) is 34.1 Å². The van der Waals surface area contributed by atoms with Crippen LogP contribution in [0.2, 0.25) is 0 Å². The first-order valence-electron chi connectivity index (χ1n) is 5.63. The molecule has 0 rings (SSSR count). The fourth-order valence-electron chi connectivity index (χ4n) is 1.12. The molecule has 0 saturated carbocycles. The highest BCUT2D eigenvalue weighted by Crippen LogP contribution is 2.28. The van der Waals surface area contributed by atoms with E-state index in [0.29, 0.717) is 13.1 Å². The van der Waals surface area contributed by atoms with Crippen LogP contribution in [-0.2, 0) is 14.3 Å². The summed E-state index contributed by atoms with van der Waals surface area (Å²) in [5.41, 5.74) is -1.05. The van der Waals surface area contributed by atoms with E-state index < -0.39 is 11.2 Å². The third-order valence-corrected chi connectivity index (χ3v) is 3.00. The summed E-state index contributed by atoms with van der Waals surface area (Å²) < 4.78 is 10.8. The molecule has 0 amide bonds. The molecule has 0 aliphatic carbocycles. The van der Waals surface area contributed by atoms with E-state index in [2.05, 4.69) is 6.92 Å². The Morgan fingerprint density at radius 3 is 2.13 bits per heavy atom. The van der Waals surface area contributed by atoms with Crippen molar-refractivity contribution in [2.24, 2.45) is 0 Å². The molecule has 3 nitrogen and oxygen atoms in total. The molecule has 0 aliphatic rings. The highest BCUT2D eigenvalue weighted by Gasteiger charge is 2.39. The molecular formula is C12H24O3. The Hall–Kier alpha value is -0.570. The van der Waals surface area contributed by atoms with Crippen molar-refractivity contribution in [2.75, 3.05) is 6.61 Å². The van der Waals surface area contributed by atoms with Gasteiger partial charge in [0.1, 0.15) is 11.2 Å². The van der Waals surface area contributed by atoms with Gasteiger partial charge < -0.3 is 9.47 Å². The minimum atomic E-state index is -0.596. The van der Waals surface area contributed by atoms with Gasteiger partial charge in [0.2, 0.25) is 0 Å². The topological polar surface area (TPSA) is 35.5 Å². The molecule has 0 atom stereocenters. The third-order valence-electron chi connectivity index (χ3n) is 3.00. The van der Waals surface area contributed by atoms with Gasteiger partial charge in [-0.15, -0.1) is 0 Å². The van der Waals surface area contributed by atoms with Crippen LogP contribution in [0.25, 0.3) is 0 Å². The molecule has 0 saturated heterocycles. The summed E-state index contributed by atoms with van der Waals surface area (Å²) in [5.74, 6) is 0. The van der Waals surface area contributed by atoms with E-state index in [-0.39, 0.29) is 0 Å². The molecule has 0 radical (unpaired) electrons. The van der Waals surface area contributed by atoms with Gasteiger partial charge in [-0.1, -0.05) is 19.8 Å². The first-order chi connectivity index (χ1) is 6.87. The number of unbranched alkanes of at least 4 members (excludes halogenated alkanes) is 2. The molecule has 0 spiro atoms. The van der Waals surface area contributed by atoms with Gasteiger partial charge in [-0.2, -0.15) is 0 Å². The molecule has 0 aromatic rings. The predicted octanol–water partition coefficient (Wildman–Crippen LogP) is 2.92. The number of hydrogen-bond acceptors (Lipinski definition) is 3. The Labute approximate surface area is 93.1 Å². The Bertz CT molecular complexity index is 185. The largest absolute Gasteiger partial charge is 0.459 e. The summed E-state index contributed by atoms with van der Waals surface area (Å²) in [4.78, 5) is 10.4. The molecule has 90 valence electrons. The smallest absolute Gasteiger partial charge is 0.293 e. The van der Waals surface area contributed by atoms with Crippen LogP contribution >= 0.6 is 0 Å². The van der Waals surface area contributed by atoms with E-state index in [1.807, 2.05) is 27.7 Å². The zero-order valence-electron chi connectivity index (χ0n) is 10.6. The summed E-state index contributed by atoms with van der Waals surface area (Å²) in [5, 5.41) is 0. The standard InChI is InChI=1S/C12H24O3/c1-6-7-8-9-14-11(2,3)12(4,5)15-10-13/h10H,6-9H2,1-5H3. The monoisotopic (exact) mass is 216 g/mol. The zero-order chi connectivity index (χ0) is 11.9. The summed E-state index contributed by atoms with van der Waals surface area (Å²) in [6.07, 6.45) is 3.40. The van der Waals surface area contributed by atoms with Gasteiger partial charge in [0.05, 0.1) is 0 Å². The number of carbonyl (C=O) groups is 1. The zero-order valence-corrected chi connectivity index (χ0v) is 10.6. The summed E-state index contributed by atoms with van der Waals surface area (Å²) >= 11 is 0. The highest BCUT2D eigenvalue weighted by molar-refractivity contribution is 5.38. The van der Waals surface area contributed by atoms with Gasteiger partial charge in [0.15, 0.2) is 0 Å². The Balaban J connectivity index is 4.09. The van der Waals surface area contributed by atoms with Crippen molar-refractivity contribution in [3.63, 3.8) is 0 Å². The molecule has 0 N–H and O–H groups in total. The van der Waals surface area contributed by atoms with Crippen LogP contribution in [-0.4, -0.2) is 24.3 Å². The molecule has 0 fully saturated rings. The molecule has 0 aromatic heterocycles. The van der Waals surface area contributed by atoms with Crippen molar-refractivity contribution < 1.29 is 14.3 Å². The lowest BCUT2D eigenvalue weighted by Crippen LogP contribution is -2.49. The van der Waals surface area contributed by atoms with Crippen LogP contribution in [0.5, 0.6) is 0 Å². The van der Waals surface area contributed by atoms with Crippen LogP contribution in [0, 0.1) is 0 Å². The normalized spacial score (nSPS) is 12.6. The van der Waals surface area contributed by atoms with Crippen molar-refractivity contribution in [1.82, 2.24) is 0 Å². The SMILES string of the molecule is CCCCCOC(C)(C)C(C)(C)OC=O. The van der Waals surface area contributed by atoms with Crippen molar-refractivity contribution in [3.8, 4) is 0 Å². The Kier molecular flexibility index (Phi) is 5.88. The van der Waals surface area contributed by atoms with E-state index in [1.165, 1.54) is 12.8 Å². The number of carbonyl (C=O) groups excluding carboxylic acids is 1. The predicted molar refractivity (Wildman–Crippen MR) is 60.8 cm³/mol. The Morgan fingerprint density at radius 2 is 1.67 bits per heavy atom. The highest BCUT2D eigenvalue weighted by atomic mass is 16.6. The maximum atomic E-state index is 10.4. The average Bonchev–Trinajstić information content (AvgIpc) is 2.12. The third kappa shape index (κ3) is 4.65. The maximum absolute atomic E-state index is 10.4. The van der Waals surface area contributed by atoms with E-state index in [0.717, 1.165) is 6.42 Å². The summed E-state index contributed by atoms with van der Waals surface area (Å²) in [6.45, 7) is 11.0. The maximum Gasteiger partial charge on any atom is 0.293 e. The summed E-state index contributed by atoms with van der Waals surface area (Å²) in [7, 11) is 0. The van der Waals surface area contributed by atoms with Gasteiger partial charge in [0.25, 0.3) is 6.47 Å². The van der Waals surface area contributed by atoms with Gasteiger partial charge >= 0.3 is 0 Å². The molecule has 0 heterocycles. The second-order valence-electron chi connectivity index (χ2n) is 4.79. The lowest BCUT2D eigenvalue weighted by molar-refractivity contribution is -0.180. The van der Waals surface area contributed by atoms with Gasteiger partial charge in [-0.3, -0.25) is 4.79 Å². The number of ether oxygens (including phenoxy) is 2. The van der Waals surface area contributed by atoms with E-state index >= 15 is 0 Å². The first-order valence-corrected chi connectivity index (χ1v) is 5.63. The van der Waals surface area contributed by atoms with E-state index in [1.54, 1.807) is 0 Å². The van der Waals surface area contributed by atoms with Crippen molar-refractivity contribution in [1.29, 1.82) is 0 Å². The second-order valence-corrected chi connectivity index (χ2v) is 4.79. The van der Waals surface area contributed by atoms with Crippen molar-refractivity contribution in [3.05, 3.63) is 0 Å². The second kappa shape index (κ2) is 6.11. The Morgan fingerprint density at radius 1 is 1.07 bits per heavy atom. The van der Waals surface area contributed by atoms with Crippen molar-refractivity contribution >= 4 is 6.47 Å². The summed E-state index contributed by atoms with van der Waals surface area (Å²) in [6, 6.07) is 0. The fraction of sp³-hybridized carbons (Fsp3) is 0.917. The molecule has 3 heteroatoms. The van der Waals surface area contributed by atoms with Gasteiger partial charge in [-0.25, -0.2) is 0 Å². The van der Waals surface area contributed by atoms with Crippen LogP contribution in [0.1, 0.15) is 53.9 Å². The molecule has 0 bridgehead atoms. The minimum absolute atomic E-state index is 0.457. The van der Waals surface area contributed by atoms with Gasteiger partial charge in [0, 0.05) is 6.61 Å². The molecule has 15 heavy (non-hydrogen) atoms. The quantitative estimate of drug-likeness (QED) is 0.462. The van der Waals surface area contributed by atoms with Crippen LogP contribution in [0.15, 0.2) is 0 Å². The minimum Gasteiger partial charge on any atom is -0.459 e. The lowest BCUT2D eigenvalue weighted by Gasteiger charge is -2.39. The fourth-order valence-corrected chi connectivity index (χ4v) is 1.12. The van der Waals surface area contributed by atoms with E-state index in [9.17, 15) is 4.79 Å². The average molecular weight is 216 g/mol. The number of hydrogen-bond donors (Lipinski definition) is 0. The molecular weight excluding hydrogens is 192 g/mol.